The van der Waals surface area contributed by atoms with Gasteiger partial charge in [-0.15, -0.1) is 11.3 Å². The Morgan fingerprint density at radius 2 is 1.92 bits per heavy atom. The summed E-state index contributed by atoms with van der Waals surface area (Å²) >= 11 is 1.23. The number of nitrogens with one attached hydrogen (secondary N) is 1. The van der Waals surface area contributed by atoms with E-state index in [1.165, 1.54) is 23.3 Å². The number of carbonyl (C=O) groups excluding carboxylic acids is 2. The van der Waals surface area contributed by atoms with Crippen molar-refractivity contribution in [2.45, 2.75) is 13.3 Å². The SMILES string of the molecule is CCOC(=O)c1sc(-c2ccccc2)cc1NC(=O)N(C)CCC(=O)O. The van der Waals surface area contributed by atoms with Crippen molar-refractivity contribution in [3.05, 3.63) is 41.3 Å². The number of ether oxygens (including phenoxy) is 1. The molecule has 1 aromatic heterocycles. The predicted molar refractivity (Wildman–Crippen MR) is 99.6 cm³/mol. The van der Waals surface area contributed by atoms with Crippen LogP contribution in [0.15, 0.2) is 36.4 Å². The molecule has 0 unspecified atom stereocenters. The van der Waals surface area contributed by atoms with E-state index >= 15 is 0 Å². The Balaban J connectivity index is 2.25. The van der Waals surface area contributed by atoms with Gasteiger partial charge in [0.15, 0.2) is 0 Å². The molecule has 2 N–H and O–H groups in total. The van der Waals surface area contributed by atoms with Crippen LogP contribution in [0.4, 0.5) is 10.5 Å². The van der Waals surface area contributed by atoms with Gasteiger partial charge in [-0.3, -0.25) is 4.79 Å². The molecule has 0 spiro atoms. The highest BCUT2D eigenvalue weighted by Crippen LogP contribution is 2.35. The van der Waals surface area contributed by atoms with Crippen LogP contribution in [0.1, 0.15) is 23.0 Å². The fraction of sp³-hybridized carbons (Fsp3) is 0.278. The lowest BCUT2D eigenvalue weighted by molar-refractivity contribution is -0.137. The van der Waals surface area contributed by atoms with Crippen LogP contribution in [0.25, 0.3) is 10.4 Å². The number of rotatable bonds is 7. The van der Waals surface area contributed by atoms with Crippen molar-refractivity contribution in [3.8, 4) is 10.4 Å². The fourth-order valence-electron chi connectivity index (χ4n) is 2.15. The molecule has 0 aliphatic heterocycles. The number of hydrogen-bond donors (Lipinski definition) is 2. The van der Waals surface area contributed by atoms with Gasteiger partial charge in [0, 0.05) is 18.5 Å². The van der Waals surface area contributed by atoms with Crippen LogP contribution in [0.3, 0.4) is 0 Å². The minimum atomic E-state index is -0.987. The van der Waals surface area contributed by atoms with Gasteiger partial charge in [-0.25, -0.2) is 9.59 Å². The van der Waals surface area contributed by atoms with Crippen LogP contribution >= 0.6 is 11.3 Å². The van der Waals surface area contributed by atoms with Crippen molar-refractivity contribution >= 4 is 35.0 Å². The van der Waals surface area contributed by atoms with E-state index in [0.29, 0.717) is 10.6 Å². The standard InChI is InChI=1S/C18H20N2O5S/c1-3-25-17(23)16-13(19-18(24)20(2)10-9-15(21)22)11-14(26-16)12-7-5-4-6-8-12/h4-8,11H,3,9-10H2,1-2H3,(H,19,24)(H,21,22). The molecule has 26 heavy (non-hydrogen) atoms. The molecule has 0 aliphatic rings. The molecule has 138 valence electrons. The summed E-state index contributed by atoms with van der Waals surface area (Å²) in [7, 11) is 1.49. The van der Waals surface area contributed by atoms with Crippen molar-refractivity contribution in [2.24, 2.45) is 0 Å². The van der Waals surface area contributed by atoms with Gasteiger partial charge in [-0.2, -0.15) is 0 Å². The van der Waals surface area contributed by atoms with E-state index in [2.05, 4.69) is 5.32 Å². The first kappa shape index (κ1) is 19.5. The number of carboxylic acids is 1. The average Bonchev–Trinajstić information content (AvgIpc) is 3.04. The Morgan fingerprint density at radius 3 is 2.54 bits per heavy atom. The molecule has 0 aliphatic carbocycles. The van der Waals surface area contributed by atoms with Gasteiger partial charge in [-0.05, 0) is 18.6 Å². The van der Waals surface area contributed by atoms with Crippen molar-refractivity contribution in [1.29, 1.82) is 0 Å². The summed E-state index contributed by atoms with van der Waals surface area (Å²) in [5.74, 6) is -1.50. The fourth-order valence-corrected chi connectivity index (χ4v) is 3.17. The molecule has 2 rings (SSSR count). The van der Waals surface area contributed by atoms with Crippen molar-refractivity contribution in [3.63, 3.8) is 0 Å². The van der Waals surface area contributed by atoms with Crippen molar-refractivity contribution in [2.75, 3.05) is 25.5 Å². The Hall–Kier alpha value is -2.87. The van der Waals surface area contributed by atoms with Crippen LogP contribution in [0, 0.1) is 0 Å². The second-order valence-corrected chi connectivity index (χ2v) is 6.49. The number of nitrogens with zero attached hydrogens (tertiary/aromatic N) is 1. The van der Waals surface area contributed by atoms with E-state index in [9.17, 15) is 14.4 Å². The summed E-state index contributed by atoms with van der Waals surface area (Å²) in [6.07, 6.45) is -0.159. The zero-order valence-electron chi connectivity index (χ0n) is 14.5. The molecule has 0 atom stereocenters. The van der Waals surface area contributed by atoms with Crippen molar-refractivity contribution in [1.82, 2.24) is 4.90 Å². The number of urea groups is 1. The van der Waals surface area contributed by atoms with Gasteiger partial charge in [0.1, 0.15) is 4.88 Å². The number of esters is 1. The number of carbonyl (C=O) groups is 3. The third-order valence-corrected chi connectivity index (χ3v) is 4.66. The van der Waals surface area contributed by atoms with Gasteiger partial charge >= 0.3 is 18.0 Å². The van der Waals surface area contributed by atoms with Gasteiger partial charge in [-0.1, -0.05) is 30.3 Å². The van der Waals surface area contributed by atoms with Gasteiger partial charge < -0.3 is 20.1 Å². The minimum absolute atomic E-state index is 0.0611. The lowest BCUT2D eigenvalue weighted by Crippen LogP contribution is -2.33. The zero-order chi connectivity index (χ0) is 19.1. The van der Waals surface area contributed by atoms with E-state index in [-0.39, 0.29) is 19.6 Å². The third-order valence-electron chi connectivity index (χ3n) is 3.50. The Kier molecular flexibility index (Phi) is 6.74. The Bertz CT molecular complexity index is 788. The number of amides is 2. The van der Waals surface area contributed by atoms with E-state index in [1.54, 1.807) is 13.0 Å². The molecule has 7 nitrogen and oxygen atoms in total. The highest BCUT2D eigenvalue weighted by Gasteiger charge is 2.21. The molecule has 1 heterocycles. The number of hydrogen-bond acceptors (Lipinski definition) is 5. The third kappa shape index (κ3) is 5.06. The maximum Gasteiger partial charge on any atom is 0.350 e. The lowest BCUT2D eigenvalue weighted by Gasteiger charge is -2.16. The number of aliphatic carboxylic acids is 1. The Morgan fingerprint density at radius 1 is 1.23 bits per heavy atom. The predicted octanol–water partition coefficient (Wildman–Crippen LogP) is 3.53. The van der Waals surface area contributed by atoms with Gasteiger partial charge in [0.25, 0.3) is 0 Å². The maximum absolute atomic E-state index is 12.3. The van der Waals surface area contributed by atoms with Crippen LogP contribution in [0.2, 0.25) is 0 Å². The molecular weight excluding hydrogens is 356 g/mol. The quantitative estimate of drug-likeness (QED) is 0.721. The molecule has 8 heteroatoms. The number of carboxylic acid groups (broad SMARTS) is 1. The largest absolute Gasteiger partial charge is 0.481 e. The van der Waals surface area contributed by atoms with Crippen LogP contribution in [-0.4, -0.2) is 48.2 Å². The smallest absolute Gasteiger partial charge is 0.350 e. The number of benzene rings is 1. The molecule has 0 fully saturated rings. The molecular formula is C18H20N2O5S. The maximum atomic E-state index is 12.3. The van der Waals surface area contributed by atoms with Crippen LogP contribution in [-0.2, 0) is 9.53 Å². The summed E-state index contributed by atoms with van der Waals surface area (Å²) < 4.78 is 5.07. The van der Waals surface area contributed by atoms with Gasteiger partial charge in [0.2, 0.25) is 0 Å². The summed E-state index contributed by atoms with van der Waals surface area (Å²) in [5, 5.41) is 11.4. The zero-order valence-corrected chi connectivity index (χ0v) is 15.3. The summed E-state index contributed by atoms with van der Waals surface area (Å²) in [6.45, 7) is 2.00. The molecule has 0 bridgehead atoms. The Labute approximate surface area is 155 Å². The monoisotopic (exact) mass is 376 g/mol. The average molecular weight is 376 g/mol. The van der Waals surface area contributed by atoms with E-state index in [4.69, 9.17) is 9.84 Å². The highest BCUT2D eigenvalue weighted by molar-refractivity contribution is 7.18. The van der Waals surface area contributed by atoms with Gasteiger partial charge in [0.05, 0.1) is 18.7 Å². The topological polar surface area (TPSA) is 95.9 Å². The highest BCUT2D eigenvalue weighted by atomic mass is 32.1. The summed E-state index contributed by atoms with van der Waals surface area (Å²) in [4.78, 5) is 37.5. The van der Waals surface area contributed by atoms with E-state index in [1.807, 2.05) is 30.3 Å². The first-order chi connectivity index (χ1) is 12.4. The number of thiophene rings is 1. The first-order valence-electron chi connectivity index (χ1n) is 8.02. The van der Waals surface area contributed by atoms with E-state index in [0.717, 1.165) is 10.4 Å². The number of anilines is 1. The molecule has 0 saturated heterocycles. The first-order valence-corrected chi connectivity index (χ1v) is 8.84. The van der Waals surface area contributed by atoms with E-state index < -0.39 is 18.0 Å². The van der Waals surface area contributed by atoms with Crippen LogP contribution < -0.4 is 5.32 Å². The van der Waals surface area contributed by atoms with Crippen LogP contribution in [0.5, 0.6) is 0 Å². The molecule has 0 radical (unpaired) electrons. The second-order valence-electron chi connectivity index (χ2n) is 5.44. The second kappa shape index (κ2) is 9.00. The molecule has 1 aromatic carbocycles. The minimum Gasteiger partial charge on any atom is -0.481 e. The van der Waals surface area contributed by atoms with Crippen molar-refractivity contribution < 1.29 is 24.2 Å². The summed E-state index contributed by atoms with van der Waals surface area (Å²) in [5.41, 5.74) is 1.27. The normalized spacial score (nSPS) is 10.2. The lowest BCUT2D eigenvalue weighted by atomic mass is 10.2. The molecule has 2 amide bonds. The summed E-state index contributed by atoms with van der Waals surface area (Å²) in [6, 6.07) is 10.7. The molecule has 2 aromatic rings. The molecule has 0 saturated carbocycles.